The Kier molecular flexibility index (Phi) is 6.32. The first-order valence-corrected chi connectivity index (χ1v) is 8.01. The number of likely N-dealkylation sites (N-methyl/N-ethyl adjacent to an activating group) is 1. The molecule has 0 amide bonds. The van der Waals surface area contributed by atoms with Crippen molar-refractivity contribution in [2.45, 2.75) is 25.3 Å². The van der Waals surface area contributed by atoms with Crippen LogP contribution < -0.4 is 5.32 Å². The minimum atomic E-state index is -3.81. The Morgan fingerprint density at radius 3 is 2.60 bits per heavy atom. The molecule has 0 aliphatic carbocycles. The van der Waals surface area contributed by atoms with Crippen molar-refractivity contribution in [2.24, 2.45) is 0 Å². The summed E-state index contributed by atoms with van der Waals surface area (Å²) in [6.45, 7) is 8.89. The van der Waals surface area contributed by atoms with Crippen molar-refractivity contribution in [1.82, 2.24) is 9.62 Å². The van der Waals surface area contributed by atoms with Gasteiger partial charge in [0.15, 0.2) is 0 Å². The molecule has 0 aromatic heterocycles. The molecule has 0 saturated heterocycles. The number of nitrogens with zero attached hydrogens (tertiary/aromatic N) is 1. The molecule has 0 fully saturated rings. The third kappa shape index (κ3) is 3.88. The topological polar surface area (TPSA) is 49.4 Å². The van der Waals surface area contributed by atoms with Crippen molar-refractivity contribution in [3.05, 3.63) is 42.2 Å². The monoisotopic (exact) mass is 300 g/mol. The van der Waals surface area contributed by atoms with E-state index in [4.69, 9.17) is 0 Å². The predicted octanol–water partition coefficient (Wildman–Crippen LogP) is 2.13. The quantitative estimate of drug-likeness (QED) is 0.748. The van der Waals surface area contributed by atoms with E-state index < -0.39 is 15.8 Å². The molecule has 4 nitrogen and oxygen atoms in total. The highest BCUT2D eigenvalue weighted by Gasteiger charge is 2.25. The Hall–Kier alpha value is -1.24. The van der Waals surface area contributed by atoms with E-state index in [0.29, 0.717) is 6.54 Å². The smallest absolute Gasteiger partial charge is 0.246 e. The largest absolute Gasteiger partial charge is 0.313 e. The zero-order valence-electron chi connectivity index (χ0n) is 11.9. The summed E-state index contributed by atoms with van der Waals surface area (Å²) in [5.74, 6) is -0.720. The summed E-state index contributed by atoms with van der Waals surface area (Å²) >= 11 is 0. The second-order valence-corrected chi connectivity index (χ2v) is 6.20. The standard InChI is InChI=1S/C14H21FN2O2S/c1-4-9-17(6-3)20(18,19)14-8-7-12(10-13(14)15)11-16-5-2/h4,7-8,10,16H,1,5-6,9,11H2,2-3H3. The van der Waals surface area contributed by atoms with Crippen LogP contribution in [0.2, 0.25) is 0 Å². The van der Waals surface area contributed by atoms with Crippen LogP contribution in [0.3, 0.4) is 0 Å². The lowest BCUT2D eigenvalue weighted by atomic mass is 10.2. The van der Waals surface area contributed by atoms with Gasteiger partial charge in [0.25, 0.3) is 0 Å². The van der Waals surface area contributed by atoms with Crippen LogP contribution >= 0.6 is 0 Å². The lowest BCUT2D eigenvalue weighted by Gasteiger charge is -2.19. The average molecular weight is 300 g/mol. The number of nitrogens with one attached hydrogen (secondary N) is 1. The highest BCUT2D eigenvalue weighted by Crippen LogP contribution is 2.20. The van der Waals surface area contributed by atoms with Crippen molar-refractivity contribution in [1.29, 1.82) is 0 Å². The maximum absolute atomic E-state index is 14.1. The fraction of sp³-hybridized carbons (Fsp3) is 0.429. The molecule has 0 spiro atoms. The third-order valence-corrected chi connectivity index (χ3v) is 4.85. The van der Waals surface area contributed by atoms with E-state index in [1.807, 2.05) is 6.92 Å². The summed E-state index contributed by atoms with van der Waals surface area (Å²) in [4.78, 5) is -0.290. The molecule has 0 atom stereocenters. The Balaban J connectivity index is 3.09. The van der Waals surface area contributed by atoms with Crippen molar-refractivity contribution in [2.75, 3.05) is 19.6 Å². The highest BCUT2D eigenvalue weighted by atomic mass is 32.2. The number of sulfonamides is 1. The molecule has 0 saturated carbocycles. The first kappa shape index (κ1) is 16.8. The number of benzene rings is 1. The van der Waals surface area contributed by atoms with Gasteiger partial charge in [-0.1, -0.05) is 26.0 Å². The third-order valence-electron chi connectivity index (χ3n) is 2.88. The molecule has 0 unspecified atom stereocenters. The first-order chi connectivity index (χ1) is 9.47. The van der Waals surface area contributed by atoms with E-state index >= 15 is 0 Å². The van der Waals surface area contributed by atoms with E-state index in [0.717, 1.165) is 12.1 Å². The van der Waals surface area contributed by atoms with Gasteiger partial charge in [-0.3, -0.25) is 0 Å². The average Bonchev–Trinajstić information content (AvgIpc) is 2.42. The lowest BCUT2D eigenvalue weighted by molar-refractivity contribution is 0.453. The van der Waals surface area contributed by atoms with Crippen LogP contribution in [-0.4, -0.2) is 32.4 Å². The van der Waals surface area contributed by atoms with Crippen LogP contribution in [0.5, 0.6) is 0 Å². The van der Waals surface area contributed by atoms with Crippen molar-refractivity contribution >= 4 is 10.0 Å². The molecule has 1 aromatic rings. The summed E-state index contributed by atoms with van der Waals surface area (Å²) in [5, 5.41) is 3.06. The molecule has 0 bridgehead atoms. The fourth-order valence-corrected chi connectivity index (χ4v) is 3.28. The molecule has 1 N–H and O–H groups in total. The molecule has 0 radical (unpaired) electrons. The van der Waals surface area contributed by atoms with Gasteiger partial charge in [0.05, 0.1) is 0 Å². The SMILES string of the molecule is C=CCN(CC)S(=O)(=O)c1ccc(CNCC)cc1F. The molecule has 0 heterocycles. The van der Waals surface area contributed by atoms with Crippen molar-refractivity contribution in [3.63, 3.8) is 0 Å². The molecule has 1 rings (SSSR count). The van der Waals surface area contributed by atoms with Crippen LogP contribution in [0, 0.1) is 5.82 Å². The molecule has 20 heavy (non-hydrogen) atoms. The van der Waals surface area contributed by atoms with Crippen LogP contribution in [0.25, 0.3) is 0 Å². The van der Waals surface area contributed by atoms with E-state index in [1.165, 1.54) is 22.5 Å². The Morgan fingerprint density at radius 1 is 1.40 bits per heavy atom. The fourth-order valence-electron chi connectivity index (χ4n) is 1.81. The van der Waals surface area contributed by atoms with Gasteiger partial charge in [0.2, 0.25) is 10.0 Å². The second kappa shape index (κ2) is 7.52. The van der Waals surface area contributed by atoms with Gasteiger partial charge in [0, 0.05) is 19.6 Å². The summed E-state index contributed by atoms with van der Waals surface area (Å²) < 4.78 is 39.9. The number of hydrogen-bond acceptors (Lipinski definition) is 3. The summed E-state index contributed by atoms with van der Waals surface area (Å²) in [6, 6.07) is 4.21. The highest BCUT2D eigenvalue weighted by molar-refractivity contribution is 7.89. The Morgan fingerprint density at radius 2 is 2.10 bits per heavy atom. The van der Waals surface area contributed by atoms with E-state index in [9.17, 15) is 12.8 Å². The second-order valence-electron chi connectivity index (χ2n) is 4.29. The van der Waals surface area contributed by atoms with Crippen molar-refractivity contribution in [3.8, 4) is 0 Å². The zero-order valence-corrected chi connectivity index (χ0v) is 12.7. The van der Waals surface area contributed by atoms with Gasteiger partial charge in [-0.2, -0.15) is 4.31 Å². The van der Waals surface area contributed by atoms with E-state index in [-0.39, 0.29) is 18.0 Å². The van der Waals surface area contributed by atoms with Gasteiger partial charge in [-0.25, -0.2) is 12.8 Å². The predicted molar refractivity (Wildman–Crippen MR) is 78.4 cm³/mol. The maximum Gasteiger partial charge on any atom is 0.246 e. The molecular weight excluding hydrogens is 279 g/mol. The first-order valence-electron chi connectivity index (χ1n) is 6.57. The van der Waals surface area contributed by atoms with Crippen LogP contribution in [0.4, 0.5) is 4.39 Å². The minimum Gasteiger partial charge on any atom is -0.313 e. The van der Waals surface area contributed by atoms with Gasteiger partial charge < -0.3 is 5.32 Å². The summed E-state index contributed by atoms with van der Waals surface area (Å²) in [7, 11) is -3.81. The molecule has 0 aliphatic rings. The maximum atomic E-state index is 14.1. The van der Waals surface area contributed by atoms with Gasteiger partial charge in [-0.05, 0) is 24.2 Å². The normalized spacial score (nSPS) is 11.8. The summed E-state index contributed by atoms with van der Waals surface area (Å²) in [6.07, 6.45) is 1.48. The molecule has 6 heteroatoms. The number of rotatable bonds is 8. The summed E-state index contributed by atoms with van der Waals surface area (Å²) in [5.41, 5.74) is 0.718. The molecular formula is C14H21FN2O2S. The van der Waals surface area contributed by atoms with E-state index in [1.54, 1.807) is 13.0 Å². The van der Waals surface area contributed by atoms with Gasteiger partial charge >= 0.3 is 0 Å². The van der Waals surface area contributed by atoms with Crippen LogP contribution in [0.1, 0.15) is 19.4 Å². The molecule has 0 aliphatic heterocycles. The zero-order chi connectivity index (χ0) is 15.2. The van der Waals surface area contributed by atoms with Crippen LogP contribution in [-0.2, 0) is 16.6 Å². The Bertz CT molecular complexity index is 558. The molecule has 112 valence electrons. The number of hydrogen-bond donors (Lipinski definition) is 1. The van der Waals surface area contributed by atoms with Crippen LogP contribution in [0.15, 0.2) is 35.7 Å². The van der Waals surface area contributed by atoms with E-state index in [2.05, 4.69) is 11.9 Å². The Labute approximate surface area is 120 Å². The van der Waals surface area contributed by atoms with Gasteiger partial charge in [-0.15, -0.1) is 6.58 Å². The minimum absolute atomic E-state index is 0.164. The van der Waals surface area contributed by atoms with Crippen molar-refractivity contribution < 1.29 is 12.8 Å². The molecule has 1 aromatic carbocycles. The van der Waals surface area contributed by atoms with Gasteiger partial charge in [0.1, 0.15) is 10.7 Å². The lowest BCUT2D eigenvalue weighted by Crippen LogP contribution is -2.31. The number of halogens is 1.